The highest BCUT2D eigenvalue weighted by Gasteiger charge is 2.42. The molecule has 0 amide bonds. The molecule has 28 heavy (non-hydrogen) atoms. The van der Waals surface area contributed by atoms with E-state index in [0.29, 0.717) is 35.3 Å². The molecule has 3 heterocycles. The lowest BCUT2D eigenvalue weighted by molar-refractivity contribution is 0.137. The molecule has 0 bridgehead atoms. The van der Waals surface area contributed by atoms with Gasteiger partial charge in [0.15, 0.2) is 5.58 Å². The molecule has 3 fully saturated rings. The maximum absolute atomic E-state index is 9.85. The molecule has 2 atom stereocenters. The third kappa shape index (κ3) is 3.32. The quantitative estimate of drug-likeness (QED) is 0.746. The topological polar surface area (TPSA) is 85.3 Å². The number of nitrogens with one attached hydrogen (secondary N) is 1. The first-order chi connectivity index (χ1) is 13.6. The fourth-order valence-electron chi connectivity index (χ4n) is 5.52. The van der Waals surface area contributed by atoms with Crippen molar-refractivity contribution in [1.29, 1.82) is 5.26 Å². The van der Waals surface area contributed by atoms with Crippen LogP contribution in [0.3, 0.4) is 0 Å². The van der Waals surface area contributed by atoms with Crippen molar-refractivity contribution in [3.63, 3.8) is 0 Å². The number of nitrogens with zero attached hydrogens (tertiary/aromatic N) is 3. The van der Waals surface area contributed by atoms with E-state index in [1.54, 1.807) is 12.3 Å². The molecule has 2 aromatic rings. The van der Waals surface area contributed by atoms with Crippen LogP contribution in [0.2, 0.25) is 0 Å². The van der Waals surface area contributed by atoms with Gasteiger partial charge in [0.1, 0.15) is 11.9 Å². The first-order valence-corrected chi connectivity index (χ1v) is 11.1. The fourth-order valence-corrected chi connectivity index (χ4v) is 6.04. The number of halogens is 1. The number of rotatable bonds is 3. The van der Waals surface area contributed by atoms with Crippen LogP contribution in [0.5, 0.6) is 0 Å². The average molecular weight is 445 g/mol. The summed E-state index contributed by atoms with van der Waals surface area (Å²) in [7, 11) is 0. The lowest BCUT2D eigenvalue weighted by Crippen LogP contribution is -2.40. The SMILES string of the molecule is N#Cc1cc2c(Br)c(NC3CCC(N4CC5CC(O)CC5C4)CC3)ncc2o1. The number of aliphatic hydroxyl groups excluding tert-OH is 1. The molecule has 0 radical (unpaired) electrons. The summed E-state index contributed by atoms with van der Waals surface area (Å²) in [5.41, 5.74) is 0.627. The second kappa shape index (κ2) is 7.33. The van der Waals surface area contributed by atoms with Gasteiger partial charge in [-0.3, -0.25) is 4.90 Å². The van der Waals surface area contributed by atoms with E-state index in [0.717, 1.165) is 41.4 Å². The van der Waals surface area contributed by atoms with Crippen molar-refractivity contribution in [3.8, 4) is 6.07 Å². The highest BCUT2D eigenvalue weighted by atomic mass is 79.9. The molecule has 0 spiro atoms. The predicted octanol–water partition coefficient (Wildman–Crippen LogP) is 3.89. The Balaban J connectivity index is 1.19. The second-order valence-electron chi connectivity index (χ2n) is 8.67. The van der Waals surface area contributed by atoms with Crippen molar-refractivity contribution in [1.82, 2.24) is 9.88 Å². The molecule has 0 aromatic carbocycles. The van der Waals surface area contributed by atoms with Gasteiger partial charge >= 0.3 is 0 Å². The van der Waals surface area contributed by atoms with Gasteiger partial charge in [0.25, 0.3) is 0 Å². The first-order valence-electron chi connectivity index (χ1n) is 10.3. The summed E-state index contributed by atoms with van der Waals surface area (Å²) < 4.78 is 6.31. The number of nitriles is 1. The van der Waals surface area contributed by atoms with Gasteiger partial charge in [0, 0.05) is 36.6 Å². The number of pyridine rings is 1. The molecule has 148 valence electrons. The second-order valence-corrected chi connectivity index (χ2v) is 9.46. The number of hydrogen-bond acceptors (Lipinski definition) is 6. The van der Waals surface area contributed by atoms with Crippen molar-refractivity contribution < 1.29 is 9.52 Å². The Kier molecular flexibility index (Phi) is 4.82. The molecule has 2 aromatic heterocycles. The summed E-state index contributed by atoms with van der Waals surface area (Å²) in [5.74, 6) is 2.56. The molecular formula is C21H25BrN4O2. The van der Waals surface area contributed by atoms with E-state index in [4.69, 9.17) is 9.68 Å². The summed E-state index contributed by atoms with van der Waals surface area (Å²) in [6.07, 6.45) is 8.34. The van der Waals surface area contributed by atoms with Crippen molar-refractivity contribution in [2.45, 2.75) is 56.7 Å². The van der Waals surface area contributed by atoms with Gasteiger partial charge in [0.05, 0.1) is 16.8 Å². The van der Waals surface area contributed by atoms with E-state index < -0.39 is 0 Å². The zero-order chi connectivity index (χ0) is 19.3. The number of likely N-dealkylation sites (tertiary alicyclic amines) is 1. The molecular weight excluding hydrogens is 420 g/mol. The van der Waals surface area contributed by atoms with Crippen LogP contribution >= 0.6 is 15.9 Å². The van der Waals surface area contributed by atoms with E-state index >= 15 is 0 Å². The van der Waals surface area contributed by atoms with E-state index in [1.165, 1.54) is 25.9 Å². The number of fused-ring (bicyclic) bond motifs is 2. The van der Waals surface area contributed by atoms with E-state index in [-0.39, 0.29) is 6.10 Å². The van der Waals surface area contributed by atoms with Crippen molar-refractivity contribution in [3.05, 3.63) is 22.5 Å². The molecule has 2 N–H and O–H groups in total. The summed E-state index contributed by atoms with van der Waals surface area (Å²) in [4.78, 5) is 7.18. The van der Waals surface area contributed by atoms with Crippen LogP contribution in [-0.2, 0) is 0 Å². The van der Waals surface area contributed by atoms with Crippen LogP contribution < -0.4 is 5.32 Å². The molecule has 3 aliphatic rings. The van der Waals surface area contributed by atoms with Gasteiger partial charge < -0.3 is 14.8 Å². The smallest absolute Gasteiger partial charge is 0.204 e. The molecule has 7 heteroatoms. The van der Waals surface area contributed by atoms with Gasteiger partial charge in [0.2, 0.25) is 5.76 Å². The van der Waals surface area contributed by atoms with Gasteiger partial charge in [-0.1, -0.05) is 0 Å². The van der Waals surface area contributed by atoms with Crippen molar-refractivity contribution >= 4 is 32.7 Å². The van der Waals surface area contributed by atoms with Gasteiger partial charge in [-0.15, -0.1) is 0 Å². The third-order valence-corrected chi connectivity index (χ3v) is 7.74. The minimum atomic E-state index is -0.0557. The normalized spacial score (nSPS) is 33.1. The highest BCUT2D eigenvalue weighted by Crippen LogP contribution is 2.41. The van der Waals surface area contributed by atoms with E-state index in [2.05, 4.69) is 31.1 Å². The number of hydrogen-bond donors (Lipinski definition) is 2. The van der Waals surface area contributed by atoms with Crippen LogP contribution in [0.15, 0.2) is 21.2 Å². The van der Waals surface area contributed by atoms with Crippen LogP contribution in [0, 0.1) is 23.2 Å². The Morgan fingerprint density at radius 1 is 1.21 bits per heavy atom. The summed E-state index contributed by atoms with van der Waals surface area (Å²) in [6, 6.07) is 4.90. The standard InChI is InChI=1S/C21H25BrN4O2/c22-20-18-7-17(8-23)28-19(18)9-24-21(20)25-14-1-3-15(4-2-14)26-10-12-5-16(27)6-13(12)11-26/h7,9,12-16,27H,1-6,10-11H2,(H,24,25). The largest absolute Gasteiger partial charge is 0.444 e. The number of furan rings is 1. The van der Waals surface area contributed by atoms with Gasteiger partial charge in [-0.25, -0.2) is 4.98 Å². The van der Waals surface area contributed by atoms with Crippen LogP contribution in [0.4, 0.5) is 5.82 Å². The van der Waals surface area contributed by atoms with Crippen LogP contribution in [-0.4, -0.2) is 46.3 Å². The predicted molar refractivity (Wildman–Crippen MR) is 110 cm³/mol. The number of anilines is 1. The third-order valence-electron chi connectivity index (χ3n) is 6.93. The van der Waals surface area contributed by atoms with Crippen LogP contribution in [0.25, 0.3) is 11.0 Å². The average Bonchev–Trinajstić information content (AvgIpc) is 3.37. The minimum Gasteiger partial charge on any atom is -0.444 e. The number of aromatic nitrogens is 1. The highest BCUT2D eigenvalue weighted by molar-refractivity contribution is 9.10. The van der Waals surface area contributed by atoms with Gasteiger partial charge in [-0.05, 0) is 66.3 Å². The Morgan fingerprint density at radius 3 is 2.61 bits per heavy atom. The van der Waals surface area contributed by atoms with Crippen molar-refractivity contribution in [2.24, 2.45) is 11.8 Å². The zero-order valence-corrected chi connectivity index (χ0v) is 17.4. The maximum Gasteiger partial charge on any atom is 0.204 e. The van der Waals surface area contributed by atoms with E-state index in [9.17, 15) is 5.11 Å². The zero-order valence-electron chi connectivity index (χ0n) is 15.8. The molecule has 2 saturated carbocycles. The Bertz CT molecular complexity index is 901. The summed E-state index contributed by atoms with van der Waals surface area (Å²) in [6.45, 7) is 2.35. The number of aliphatic hydroxyl groups is 1. The van der Waals surface area contributed by atoms with Gasteiger partial charge in [-0.2, -0.15) is 5.26 Å². The Morgan fingerprint density at radius 2 is 1.93 bits per heavy atom. The molecule has 5 rings (SSSR count). The molecule has 1 saturated heterocycles. The monoisotopic (exact) mass is 444 g/mol. The van der Waals surface area contributed by atoms with Crippen LogP contribution in [0.1, 0.15) is 44.3 Å². The molecule has 1 aliphatic heterocycles. The molecule has 6 nitrogen and oxygen atoms in total. The minimum absolute atomic E-state index is 0.0557. The van der Waals surface area contributed by atoms with Crippen molar-refractivity contribution in [2.75, 3.05) is 18.4 Å². The lowest BCUT2D eigenvalue weighted by atomic mass is 9.90. The summed E-state index contributed by atoms with van der Waals surface area (Å²) in [5, 5.41) is 23.4. The first kappa shape index (κ1) is 18.4. The lowest BCUT2D eigenvalue weighted by Gasteiger charge is -2.35. The summed E-state index contributed by atoms with van der Waals surface area (Å²) >= 11 is 3.63. The Labute approximate surface area is 173 Å². The Hall–Kier alpha value is -1.62. The van der Waals surface area contributed by atoms with E-state index in [1.807, 2.05) is 6.07 Å². The molecule has 2 aliphatic carbocycles. The maximum atomic E-state index is 9.85. The fraction of sp³-hybridized carbons (Fsp3) is 0.619. The molecule has 2 unspecified atom stereocenters.